The summed E-state index contributed by atoms with van der Waals surface area (Å²) in [6.45, 7) is 9.05. The average molecular weight is 287 g/mol. The third-order valence-corrected chi connectivity index (χ3v) is 3.35. The van der Waals surface area contributed by atoms with E-state index in [1.54, 1.807) is 6.26 Å². The van der Waals surface area contributed by atoms with Gasteiger partial charge in [-0.2, -0.15) is 0 Å². The molecule has 0 saturated heterocycles. The number of hydrogen-bond donors (Lipinski definition) is 1. The lowest BCUT2D eigenvalue weighted by Gasteiger charge is -2.22. The first kappa shape index (κ1) is 15.6. The topological polar surface area (TPSA) is 41.3 Å². The van der Waals surface area contributed by atoms with Crippen LogP contribution in [-0.4, -0.2) is 18.6 Å². The maximum Gasteiger partial charge on any atom is 0.123 e. The van der Waals surface area contributed by atoms with Gasteiger partial charge in [-0.3, -0.25) is 4.98 Å². The van der Waals surface area contributed by atoms with E-state index in [4.69, 9.17) is 4.42 Å². The van der Waals surface area contributed by atoms with Gasteiger partial charge in [0.2, 0.25) is 0 Å². The first-order valence-electron chi connectivity index (χ1n) is 7.46. The van der Waals surface area contributed by atoms with Crippen molar-refractivity contribution in [2.45, 2.75) is 33.9 Å². The third kappa shape index (κ3) is 4.60. The summed E-state index contributed by atoms with van der Waals surface area (Å²) in [5.74, 6) is 1.61. The number of pyridine rings is 1. The highest BCUT2D eigenvalue weighted by Gasteiger charge is 2.10. The van der Waals surface area contributed by atoms with Crippen LogP contribution < -0.4 is 10.2 Å². The smallest absolute Gasteiger partial charge is 0.123 e. The Bertz CT molecular complexity index is 549. The van der Waals surface area contributed by atoms with Crippen LogP contribution in [0.4, 0.5) is 5.69 Å². The van der Waals surface area contributed by atoms with Crippen molar-refractivity contribution in [3.8, 4) is 0 Å². The first-order valence-corrected chi connectivity index (χ1v) is 7.46. The van der Waals surface area contributed by atoms with E-state index in [0.717, 1.165) is 31.1 Å². The molecule has 114 valence electrons. The molecule has 0 spiro atoms. The van der Waals surface area contributed by atoms with Crippen LogP contribution >= 0.6 is 0 Å². The Morgan fingerprint density at radius 3 is 2.86 bits per heavy atom. The van der Waals surface area contributed by atoms with E-state index >= 15 is 0 Å². The van der Waals surface area contributed by atoms with Crippen LogP contribution in [0.15, 0.2) is 35.1 Å². The van der Waals surface area contributed by atoms with Gasteiger partial charge in [-0.15, -0.1) is 0 Å². The fourth-order valence-electron chi connectivity index (χ4n) is 2.28. The lowest BCUT2D eigenvalue weighted by molar-refractivity contribution is 0.507. The first-order chi connectivity index (χ1) is 10.1. The summed E-state index contributed by atoms with van der Waals surface area (Å²) in [6, 6.07) is 6.06. The van der Waals surface area contributed by atoms with Gasteiger partial charge in [0, 0.05) is 36.7 Å². The Morgan fingerprint density at radius 1 is 1.38 bits per heavy atom. The number of aryl methyl sites for hydroxylation is 1. The van der Waals surface area contributed by atoms with Crippen molar-refractivity contribution in [2.75, 3.05) is 18.5 Å². The summed E-state index contributed by atoms with van der Waals surface area (Å²) in [4.78, 5) is 6.64. The van der Waals surface area contributed by atoms with Crippen molar-refractivity contribution < 1.29 is 4.42 Å². The minimum absolute atomic E-state index is 0.646. The predicted molar refractivity (Wildman–Crippen MR) is 86.3 cm³/mol. The fourth-order valence-corrected chi connectivity index (χ4v) is 2.28. The zero-order valence-electron chi connectivity index (χ0n) is 13.4. The molecular formula is C17H25N3O. The van der Waals surface area contributed by atoms with Crippen molar-refractivity contribution >= 4 is 5.69 Å². The second-order valence-corrected chi connectivity index (χ2v) is 5.91. The van der Waals surface area contributed by atoms with E-state index < -0.39 is 0 Å². The number of nitrogens with one attached hydrogen (secondary N) is 1. The van der Waals surface area contributed by atoms with Gasteiger partial charge in [0.05, 0.1) is 12.8 Å². The summed E-state index contributed by atoms with van der Waals surface area (Å²) in [6.07, 6.45) is 3.68. The molecule has 2 heterocycles. The van der Waals surface area contributed by atoms with Gasteiger partial charge < -0.3 is 14.6 Å². The van der Waals surface area contributed by atoms with Crippen molar-refractivity contribution in [3.05, 3.63) is 47.7 Å². The third-order valence-electron chi connectivity index (χ3n) is 3.35. The van der Waals surface area contributed by atoms with E-state index in [9.17, 15) is 0 Å². The van der Waals surface area contributed by atoms with Crippen LogP contribution in [0.3, 0.4) is 0 Å². The van der Waals surface area contributed by atoms with Crippen LogP contribution in [0.5, 0.6) is 0 Å². The summed E-state index contributed by atoms with van der Waals surface area (Å²) >= 11 is 0. The van der Waals surface area contributed by atoms with E-state index in [-0.39, 0.29) is 0 Å². The highest BCUT2D eigenvalue weighted by Crippen LogP contribution is 2.21. The summed E-state index contributed by atoms with van der Waals surface area (Å²) in [5.41, 5.74) is 3.45. The summed E-state index contributed by atoms with van der Waals surface area (Å²) in [7, 11) is 2.09. The van der Waals surface area contributed by atoms with Gasteiger partial charge in [-0.05, 0) is 37.6 Å². The molecule has 4 heteroatoms. The monoisotopic (exact) mass is 287 g/mol. The molecule has 0 aromatic carbocycles. The number of rotatable bonds is 7. The van der Waals surface area contributed by atoms with E-state index in [2.05, 4.69) is 42.2 Å². The molecule has 2 aromatic heterocycles. The molecule has 0 amide bonds. The minimum Gasteiger partial charge on any atom is -0.467 e. The maximum absolute atomic E-state index is 5.44. The Hall–Kier alpha value is -1.81. The molecule has 2 aromatic rings. The normalized spacial score (nSPS) is 11.1. The molecule has 4 nitrogen and oxygen atoms in total. The number of anilines is 1. The van der Waals surface area contributed by atoms with Crippen LogP contribution in [0.1, 0.15) is 30.9 Å². The van der Waals surface area contributed by atoms with Crippen molar-refractivity contribution in [3.63, 3.8) is 0 Å². The Kier molecular flexibility index (Phi) is 5.39. The highest BCUT2D eigenvalue weighted by molar-refractivity contribution is 5.53. The number of aromatic nitrogens is 1. The van der Waals surface area contributed by atoms with E-state index in [0.29, 0.717) is 5.92 Å². The van der Waals surface area contributed by atoms with Gasteiger partial charge in [0.15, 0.2) is 0 Å². The second kappa shape index (κ2) is 7.27. The molecule has 2 rings (SSSR count). The maximum atomic E-state index is 5.44. The molecule has 0 atom stereocenters. The van der Waals surface area contributed by atoms with Crippen molar-refractivity contribution in [2.24, 2.45) is 5.92 Å². The Labute approximate surface area is 127 Å². The lowest BCUT2D eigenvalue weighted by atomic mass is 10.1. The summed E-state index contributed by atoms with van der Waals surface area (Å²) in [5, 5.41) is 3.48. The number of hydrogen-bond acceptors (Lipinski definition) is 4. The SMILES string of the molecule is Cc1cc(N(C)Cc2ccco2)c(CNCC(C)C)cn1. The van der Waals surface area contributed by atoms with Crippen LogP contribution in [-0.2, 0) is 13.1 Å². The average Bonchev–Trinajstić information content (AvgIpc) is 2.92. The van der Waals surface area contributed by atoms with Crippen LogP contribution in [0.2, 0.25) is 0 Å². The van der Waals surface area contributed by atoms with E-state index in [1.807, 2.05) is 25.3 Å². The van der Waals surface area contributed by atoms with Gasteiger partial charge in [0.25, 0.3) is 0 Å². The molecular weight excluding hydrogens is 262 g/mol. The molecule has 21 heavy (non-hydrogen) atoms. The zero-order valence-corrected chi connectivity index (χ0v) is 13.4. The number of nitrogens with zero attached hydrogens (tertiary/aromatic N) is 2. The molecule has 0 aliphatic rings. The lowest BCUT2D eigenvalue weighted by Crippen LogP contribution is -2.23. The summed E-state index contributed by atoms with van der Waals surface area (Å²) < 4.78 is 5.44. The van der Waals surface area contributed by atoms with Gasteiger partial charge >= 0.3 is 0 Å². The molecule has 0 bridgehead atoms. The molecule has 0 unspecified atom stereocenters. The largest absolute Gasteiger partial charge is 0.467 e. The Morgan fingerprint density at radius 2 is 2.19 bits per heavy atom. The van der Waals surface area contributed by atoms with Crippen LogP contribution in [0.25, 0.3) is 0 Å². The molecule has 0 aliphatic heterocycles. The molecule has 0 fully saturated rings. The van der Waals surface area contributed by atoms with Gasteiger partial charge in [0.1, 0.15) is 5.76 Å². The standard InChI is InChI=1S/C17H25N3O/c1-13(2)9-18-10-15-11-19-14(3)8-17(15)20(4)12-16-6-5-7-21-16/h5-8,11,13,18H,9-10,12H2,1-4H3. The fraction of sp³-hybridized carbons (Fsp3) is 0.471. The minimum atomic E-state index is 0.646. The van der Waals surface area contributed by atoms with Crippen molar-refractivity contribution in [1.29, 1.82) is 0 Å². The quantitative estimate of drug-likeness (QED) is 0.848. The Balaban J connectivity index is 2.10. The molecule has 0 radical (unpaired) electrons. The molecule has 0 saturated carbocycles. The van der Waals surface area contributed by atoms with Crippen LogP contribution in [0, 0.1) is 12.8 Å². The molecule has 0 aliphatic carbocycles. The van der Waals surface area contributed by atoms with Gasteiger partial charge in [-0.1, -0.05) is 13.8 Å². The predicted octanol–water partition coefficient (Wildman–Crippen LogP) is 3.37. The highest BCUT2D eigenvalue weighted by atomic mass is 16.3. The van der Waals surface area contributed by atoms with Crippen molar-refractivity contribution in [1.82, 2.24) is 10.3 Å². The zero-order chi connectivity index (χ0) is 15.2. The second-order valence-electron chi connectivity index (χ2n) is 5.91. The molecule has 1 N–H and O–H groups in total. The van der Waals surface area contributed by atoms with Gasteiger partial charge in [-0.25, -0.2) is 0 Å². The number of furan rings is 1. The van der Waals surface area contributed by atoms with E-state index in [1.165, 1.54) is 11.3 Å².